The predicted molar refractivity (Wildman–Crippen MR) is 61.2 cm³/mol. The van der Waals surface area contributed by atoms with E-state index in [-0.39, 0.29) is 0 Å². The van der Waals surface area contributed by atoms with Crippen molar-refractivity contribution >= 4 is 16.5 Å². The van der Waals surface area contributed by atoms with Crippen LogP contribution < -0.4 is 5.73 Å². The topological polar surface area (TPSA) is 72.3 Å². The number of fused-ring (bicyclic) bond motifs is 1. The minimum atomic E-state index is -0.962. The Balaban J connectivity index is 2.13. The van der Waals surface area contributed by atoms with Crippen LogP contribution >= 0.6 is 11.3 Å². The molecule has 4 nitrogen and oxygen atoms in total. The van der Waals surface area contributed by atoms with Gasteiger partial charge in [0.1, 0.15) is 11.4 Å². The Morgan fingerprint density at radius 1 is 1.56 bits per heavy atom. The minimum absolute atomic E-state index is 0.485. The molecule has 0 aliphatic heterocycles. The van der Waals surface area contributed by atoms with Crippen molar-refractivity contribution in [1.29, 1.82) is 0 Å². The first-order chi connectivity index (χ1) is 7.70. The van der Waals surface area contributed by atoms with E-state index in [9.17, 15) is 5.11 Å². The molecular formula is C11H12N2O2S. The Morgan fingerprint density at radius 3 is 3.19 bits per heavy atom. The van der Waals surface area contributed by atoms with Gasteiger partial charge in [-0.1, -0.05) is 11.3 Å². The van der Waals surface area contributed by atoms with Crippen LogP contribution in [0.1, 0.15) is 29.0 Å². The van der Waals surface area contributed by atoms with Crippen molar-refractivity contribution < 1.29 is 9.52 Å². The molecular weight excluding hydrogens is 224 g/mol. The number of thiazole rings is 1. The normalized spacial score (nSPS) is 24.3. The zero-order valence-corrected chi connectivity index (χ0v) is 9.46. The predicted octanol–water partition coefficient (Wildman–Crippen LogP) is 1.89. The largest absolute Gasteiger partial charge is 0.469 e. The molecule has 1 unspecified atom stereocenters. The molecule has 1 aliphatic carbocycles. The minimum Gasteiger partial charge on any atom is -0.469 e. The van der Waals surface area contributed by atoms with Gasteiger partial charge in [-0.15, -0.1) is 0 Å². The summed E-state index contributed by atoms with van der Waals surface area (Å²) in [6, 6.07) is 1.84. The maximum Gasteiger partial charge on any atom is 0.180 e. The van der Waals surface area contributed by atoms with Crippen LogP contribution in [-0.4, -0.2) is 10.1 Å². The number of rotatable bonds is 1. The van der Waals surface area contributed by atoms with E-state index < -0.39 is 5.60 Å². The van der Waals surface area contributed by atoms with Crippen LogP contribution in [0, 0.1) is 0 Å². The highest BCUT2D eigenvalue weighted by Gasteiger charge is 2.39. The lowest BCUT2D eigenvalue weighted by atomic mass is 9.82. The molecule has 0 radical (unpaired) electrons. The molecule has 0 amide bonds. The van der Waals surface area contributed by atoms with E-state index in [0.29, 0.717) is 11.6 Å². The number of nitrogen functional groups attached to an aromatic ring is 1. The summed E-state index contributed by atoms with van der Waals surface area (Å²) in [5, 5.41) is 11.2. The Kier molecular flexibility index (Phi) is 2.05. The smallest absolute Gasteiger partial charge is 0.180 e. The molecule has 3 N–H and O–H groups in total. The van der Waals surface area contributed by atoms with Crippen molar-refractivity contribution in [3.05, 3.63) is 34.7 Å². The van der Waals surface area contributed by atoms with Crippen LogP contribution in [0.25, 0.3) is 0 Å². The number of hydrogen-bond donors (Lipinski definition) is 2. The second kappa shape index (κ2) is 3.33. The third-order valence-electron chi connectivity index (χ3n) is 3.06. The van der Waals surface area contributed by atoms with Gasteiger partial charge in [0.05, 0.1) is 11.1 Å². The number of aromatic nitrogens is 1. The van der Waals surface area contributed by atoms with Crippen molar-refractivity contribution in [2.45, 2.75) is 24.9 Å². The lowest BCUT2D eigenvalue weighted by Crippen LogP contribution is -2.29. The zero-order valence-electron chi connectivity index (χ0n) is 8.64. The fourth-order valence-corrected chi connectivity index (χ4v) is 3.09. The van der Waals surface area contributed by atoms with E-state index in [0.717, 1.165) is 29.0 Å². The average Bonchev–Trinajstić information content (AvgIpc) is 2.87. The molecule has 3 rings (SSSR count). The van der Waals surface area contributed by atoms with Crippen LogP contribution in [0.3, 0.4) is 0 Å². The van der Waals surface area contributed by atoms with Crippen molar-refractivity contribution in [2.75, 3.05) is 5.73 Å². The summed E-state index contributed by atoms with van der Waals surface area (Å²) in [6.45, 7) is 0. The standard InChI is InChI=1S/C11H12N2O2S/c12-10-13-6-9(16-10)11(14)4-1-2-8-7(11)3-5-15-8/h3,5-6,14H,1-2,4H2,(H2,12,13). The van der Waals surface area contributed by atoms with Crippen LogP contribution in [0.2, 0.25) is 0 Å². The second-order valence-electron chi connectivity index (χ2n) is 4.03. The SMILES string of the molecule is Nc1ncc(C2(O)CCCc3occc32)s1. The quantitative estimate of drug-likeness (QED) is 0.793. The number of anilines is 1. The summed E-state index contributed by atoms with van der Waals surface area (Å²) < 4.78 is 5.37. The fraction of sp³-hybridized carbons (Fsp3) is 0.364. The molecule has 16 heavy (non-hydrogen) atoms. The number of furan rings is 1. The van der Waals surface area contributed by atoms with Crippen LogP contribution in [0.15, 0.2) is 22.9 Å². The van der Waals surface area contributed by atoms with Crippen LogP contribution in [0.5, 0.6) is 0 Å². The molecule has 0 aromatic carbocycles. The summed E-state index contributed by atoms with van der Waals surface area (Å²) in [7, 11) is 0. The van der Waals surface area contributed by atoms with E-state index in [1.807, 2.05) is 6.07 Å². The summed E-state index contributed by atoms with van der Waals surface area (Å²) in [6.07, 6.45) is 5.78. The van der Waals surface area contributed by atoms with Gasteiger partial charge >= 0.3 is 0 Å². The van der Waals surface area contributed by atoms with Crippen molar-refractivity contribution in [3.63, 3.8) is 0 Å². The number of aryl methyl sites for hydroxylation is 1. The second-order valence-corrected chi connectivity index (χ2v) is 5.10. The molecule has 84 valence electrons. The Bertz CT molecular complexity index is 520. The Hall–Kier alpha value is -1.33. The molecule has 1 aliphatic rings. The first kappa shape index (κ1) is 9.86. The molecule has 0 bridgehead atoms. The molecule has 2 heterocycles. The monoisotopic (exact) mass is 236 g/mol. The first-order valence-electron chi connectivity index (χ1n) is 5.21. The highest BCUT2D eigenvalue weighted by Crippen LogP contribution is 2.43. The fourth-order valence-electron chi connectivity index (χ4n) is 2.28. The van der Waals surface area contributed by atoms with Crippen LogP contribution in [-0.2, 0) is 12.0 Å². The Labute approximate surface area is 96.7 Å². The molecule has 0 saturated heterocycles. The molecule has 2 aromatic rings. The summed E-state index contributed by atoms with van der Waals surface area (Å²) >= 11 is 1.34. The number of nitrogens with zero attached hydrogens (tertiary/aromatic N) is 1. The van der Waals surface area contributed by atoms with E-state index in [4.69, 9.17) is 10.2 Å². The molecule has 0 spiro atoms. The van der Waals surface area contributed by atoms with E-state index in [1.54, 1.807) is 12.5 Å². The highest BCUT2D eigenvalue weighted by atomic mass is 32.1. The zero-order chi connectivity index (χ0) is 11.2. The van der Waals surface area contributed by atoms with Gasteiger partial charge in [-0.25, -0.2) is 4.98 Å². The number of aliphatic hydroxyl groups is 1. The summed E-state index contributed by atoms with van der Waals surface area (Å²) in [4.78, 5) is 4.80. The molecule has 0 saturated carbocycles. The van der Waals surface area contributed by atoms with E-state index in [2.05, 4.69) is 4.98 Å². The summed E-state index contributed by atoms with van der Waals surface area (Å²) in [5.74, 6) is 0.876. The van der Waals surface area contributed by atoms with Gasteiger partial charge in [-0.2, -0.15) is 0 Å². The Morgan fingerprint density at radius 2 is 2.44 bits per heavy atom. The number of nitrogens with two attached hydrogens (primary N) is 1. The van der Waals surface area contributed by atoms with Crippen molar-refractivity contribution in [1.82, 2.24) is 4.98 Å². The molecule has 5 heteroatoms. The molecule has 2 aromatic heterocycles. The highest BCUT2D eigenvalue weighted by molar-refractivity contribution is 7.15. The van der Waals surface area contributed by atoms with Gasteiger partial charge < -0.3 is 15.3 Å². The van der Waals surface area contributed by atoms with Crippen molar-refractivity contribution in [2.24, 2.45) is 0 Å². The van der Waals surface area contributed by atoms with Gasteiger partial charge in [0, 0.05) is 18.2 Å². The maximum absolute atomic E-state index is 10.8. The van der Waals surface area contributed by atoms with Crippen molar-refractivity contribution in [3.8, 4) is 0 Å². The molecule has 0 fully saturated rings. The lowest BCUT2D eigenvalue weighted by molar-refractivity contribution is 0.0624. The average molecular weight is 236 g/mol. The van der Waals surface area contributed by atoms with Crippen LogP contribution in [0.4, 0.5) is 5.13 Å². The first-order valence-corrected chi connectivity index (χ1v) is 6.03. The van der Waals surface area contributed by atoms with E-state index >= 15 is 0 Å². The number of hydrogen-bond acceptors (Lipinski definition) is 5. The maximum atomic E-state index is 10.8. The van der Waals surface area contributed by atoms with Gasteiger partial charge in [0.2, 0.25) is 0 Å². The third-order valence-corrected chi connectivity index (χ3v) is 4.04. The van der Waals surface area contributed by atoms with E-state index in [1.165, 1.54) is 11.3 Å². The van der Waals surface area contributed by atoms with Gasteiger partial charge in [-0.05, 0) is 18.9 Å². The van der Waals surface area contributed by atoms with Gasteiger partial charge in [0.15, 0.2) is 5.13 Å². The lowest BCUT2D eigenvalue weighted by Gasteiger charge is -2.30. The van der Waals surface area contributed by atoms with Gasteiger partial charge in [0.25, 0.3) is 0 Å². The summed E-state index contributed by atoms with van der Waals surface area (Å²) in [5.41, 5.74) is 5.51. The molecule has 1 atom stereocenters. The third kappa shape index (κ3) is 1.28. The van der Waals surface area contributed by atoms with Gasteiger partial charge in [-0.3, -0.25) is 0 Å².